The van der Waals surface area contributed by atoms with Gasteiger partial charge in [0.1, 0.15) is 0 Å². The molecule has 0 aliphatic heterocycles. The van der Waals surface area contributed by atoms with Crippen molar-refractivity contribution in [3.63, 3.8) is 0 Å². The van der Waals surface area contributed by atoms with Crippen molar-refractivity contribution in [1.82, 2.24) is 0 Å². The first kappa shape index (κ1) is 26.6. The van der Waals surface area contributed by atoms with Crippen LogP contribution in [0.3, 0.4) is 0 Å². The maximum Gasteiger partial charge on any atom is 0.338 e. The van der Waals surface area contributed by atoms with Crippen LogP contribution in [0.15, 0.2) is 36.4 Å². The van der Waals surface area contributed by atoms with Crippen LogP contribution in [0.5, 0.6) is 0 Å². The average molecular weight is 531 g/mol. The number of carbonyl (C=O) groups excluding carboxylic acids is 2. The quantitative estimate of drug-likeness (QED) is 0.244. The van der Waals surface area contributed by atoms with Crippen LogP contribution in [0.4, 0.5) is 0 Å². The van der Waals surface area contributed by atoms with Crippen LogP contribution in [0.2, 0.25) is 39.3 Å². The molecule has 34 heavy (non-hydrogen) atoms. The van der Waals surface area contributed by atoms with E-state index >= 15 is 0 Å². The second kappa shape index (κ2) is 10.3. The molecule has 3 rings (SSSR count). The van der Waals surface area contributed by atoms with Crippen molar-refractivity contribution in [2.75, 3.05) is 13.2 Å². The van der Waals surface area contributed by atoms with Crippen molar-refractivity contribution in [1.29, 1.82) is 0 Å². The Morgan fingerprint density at radius 3 is 1.29 bits per heavy atom. The smallest absolute Gasteiger partial charge is 0.338 e. The summed E-state index contributed by atoms with van der Waals surface area (Å²) >= 11 is 3.39. The molecule has 2 heterocycles. The minimum atomic E-state index is -1.52. The molecule has 0 fully saturated rings. The van der Waals surface area contributed by atoms with E-state index in [-0.39, 0.29) is 25.2 Å². The zero-order valence-corrected chi connectivity index (χ0v) is 25.0. The highest BCUT2D eigenvalue weighted by Gasteiger charge is 2.27. The lowest BCUT2D eigenvalue weighted by molar-refractivity contribution is 0.0513. The van der Waals surface area contributed by atoms with E-state index in [1.807, 2.05) is 12.1 Å². The standard InChI is InChI=1S/C26H34O4S2Si2/c1-9-29-25(27)19-15-18(22-12-14-24(32-22)34(6,7)8)20(26(28)30-10-2)16-17(19)21-11-13-23(31-21)33(3,4)5/h11-16H,9-10H2,1-8H3. The summed E-state index contributed by atoms with van der Waals surface area (Å²) in [6.07, 6.45) is 0. The van der Waals surface area contributed by atoms with Crippen molar-refractivity contribution in [2.45, 2.75) is 53.1 Å². The lowest BCUT2D eigenvalue weighted by Gasteiger charge is -2.16. The molecule has 0 saturated heterocycles. The van der Waals surface area contributed by atoms with Crippen LogP contribution in [0.25, 0.3) is 20.9 Å². The fourth-order valence-electron chi connectivity index (χ4n) is 3.53. The Hall–Kier alpha value is -2.01. The fourth-order valence-corrected chi connectivity index (χ4v) is 9.39. The Labute approximate surface area is 213 Å². The Morgan fingerprint density at radius 1 is 0.676 bits per heavy atom. The number of benzene rings is 1. The molecule has 0 unspecified atom stereocenters. The molecule has 3 aromatic rings. The van der Waals surface area contributed by atoms with E-state index < -0.39 is 16.1 Å². The summed E-state index contributed by atoms with van der Waals surface area (Å²) in [7, 11) is -3.03. The van der Waals surface area contributed by atoms with Crippen molar-refractivity contribution in [3.05, 3.63) is 47.5 Å². The molecule has 4 nitrogen and oxygen atoms in total. The third kappa shape index (κ3) is 5.79. The molecule has 2 aromatic heterocycles. The molecular formula is C26H34O4S2Si2. The van der Waals surface area contributed by atoms with E-state index in [0.717, 1.165) is 20.9 Å². The van der Waals surface area contributed by atoms with Gasteiger partial charge in [-0.05, 0) is 47.1 Å². The molecular weight excluding hydrogens is 497 g/mol. The van der Waals surface area contributed by atoms with E-state index in [4.69, 9.17) is 9.47 Å². The number of ether oxygens (including phenoxy) is 2. The lowest BCUT2D eigenvalue weighted by atomic mass is 9.96. The van der Waals surface area contributed by atoms with Crippen molar-refractivity contribution < 1.29 is 19.1 Å². The lowest BCUT2D eigenvalue weighted by Crippen LogP contribution is -2.34. The number of thiophene rings is 2. The molecule has 0 saturated carbocycles. The van der Waals surface area contributed by atoms with Gasteiger partial charge < -0.3 is 9.47 Å². The molecule has 0 amide bonds. The highest BCUT2D eigenvalue weighted by Crippen LogP contribution is 2.37. The van der Waals surface area contributed by atoms with Crippen LogP contribution >= 0.6 is 22.7 Å². The van der Waals surface area contributed by atoms with Gasteiger partial charge in [-0.2, -0.15) is 0 Å². The Balaban J connectivity index is 2.28. The first-order valence-corrected chi connectivity index (χ1v) is 20.2. The highest BCUT2D eigenvalue weighted by molar-refractivity contribution is 7.29. The fraction of sp³-hybridized carbons (Fsp3) is 0.385. The summed E-state index contributed by atoms with van der Waals surface area (Å²) in [6.45, 7) is 18.0. The van der Waals surface area contributed by atoms with Crippen LogP contribution in [-0.4, -0.2) is 41.3 Å². The maximum atomic E-state index is 13.1. The summed E-state index contributed by atoms with van der Waals surface area (Å²) in [5.74, 6) is -0.752. The maximum absolute atomic E-state index is 13.1. The summed E-state index contributed by atoms with van der Waals surface area (Å²) in [6, 6.07) is 12.1. The molecule has 0 N–H and O–H groups in total. The zero-order valence-electron chi connectivity index (χ0n) is 21.3. The van der Waals surface area contributed by atoms with Gasteiger partial charge in [0.2, 0.25) is 0 Å². The first-order chi connectivity index (χ1) is 15.9. The van der Waals surface area contributed by atoms with Gasteiger partial charge in [-0.15, -0.1) is 22.7 Å². The number of hydrogen-bond acceptors (Lipinski definition) is 6. The number of rotatable bonds is 8. The Morgan fingerprint density at radius 2 is 1.03 bits per heavy atom. The molecule has 182 valence electrons. The van der Waals surface area contributed by atoms with Crippen molar-refractivity contribution >= 4 is 59.8 Å². The van der Waals surface area contributed by atoms with Crippen LogP contribution < -0.4 is 9.00 Å². The molecule has 0 bridgehead atoms. The molecule has 0 aliphatic rings. The summed E-state index contributed by atoms with van der Waals surface area (Å²) in [5, 5.41) is 0. The van der Waals surface area contributed by atoms with Crippen molar-refractivity contribution in [2.24, 2.45) is 0 Å². The second-order valence-corrected chi connectivity index (χ2v) is 23.2. The van der Waals surface area contributed by atoms with Gasteiger partial charge >= 0.3 is 11.9 Å². The summed E-state index contributed by atoms with van der Waals surface area (Å²) in [4.78, 5) is 28.1. The minimum Gasteiger partial charge on any atom is -0.462 e. The summed E-state index contributed by atoms with van der Waals surface area (Å²) < 4.78 is 13.6. The molecule has 0 spiro atoms. The number of hydrogen-bond donors (Lipinski definition) is 0. The van der Waals surface area contributed by atoms with Crippen molar-refractivity contribution in [3.8, 4) is 20.9 Å². The minimum absolute atomic E-state index is 0.288. The Bertz CT molecular complexity index is 1100. The van der Waals surface area contributed by atoms with Crippen LogP contribution in [0, 0.1) is 0 Å². The molecule has 0 atom stereocenters. The van der Waals surface area contributed by atoms with E-state index in [2.05, 4.69) is 63.5 Å². The average Bonchev–Trinajstić information content (AvgIpc) is 3.43. The van der Waals surface area contributed by atoms with Crippen LogP contribution in [-0.2, 0) is 9.47 Å². The largest absolute Gasteiger partial charge is 0.462 e. The zero-order chi connectivity index (χ0) is 25.3. The topological polar surface area (TPSA) is 52.6 Å². The Kier molecular flexibility index (Phi) is 8.07. The van der Waals surface area contributed by atoms with E-state index in [9.17, 15) is 9.59 Å². The SMILES string of the molecule is CCOC(=O)c1cc(-c2ccc([Si](C)(C)C)s2)c(C(=O)OCC)cc1-c1ccc([Si](C)(C)C)s1. The van der Waals surface area contributed by atoms with E-state index in [1.165, 1.54) is 9.00 Å². The van der Waals surface area contributed by atoms with Gasteiger partial charge in [-0.1, -0.05) is 51.4 Å². The van der Waals surface area contributed by atoms with Crippen LogP contribution in [0.1, 0.15) is 34.6 Å². The molecule has 0 radical (unpaired) electrons. The molecule has 1 aromatic carbocycles. The first-order valence-electron chi connectivity index (χ1n) is 11.6. The number of carbonyl (C=O) groups is 2. The van der Waals surface area contributed by atoms with Gasteiger partial charge in [0.05, 0.1) is 40.5 Å². The highest BCUT2D eigenvalue weighted by atomic mass is 32.1. The summed E-state index contributed by atoms with van der Waals surface area (Å²) in [5.41, 5.74) is 2.41. The van der Waals surface area contributed by atoms with Gasteiger partial charge in [-0.3, -0.25) is 0 Å². The molecule has 8 heteroatoms. The monoisotopic (exact) mass is 530 g/mol. The predicted octanol–water partition coefficient (Wildman–Crippen LogP) is 6.59. The van der Waals surface area contributed by atoms with Gasteiger partial charge in [-0.25, -0.2) is 9.59 Å². The predicted molar refractivity (Wildman–Crippen MR) is 151 cm³/mol. The second-order valence-electron chi connectivity index (χ2n) is 10.2. The molecule has 0 aliphatic carbocycles. The third-order valence-corrected chi connectivity index (χ3v) is 14.8. The van der Waals surface area contributed by atoms with Gasteiger partial charge in [0.15, 0.2) is 0 Å². The third-order valence-electron chi connectivity index (χ3n) is 5.37. The van der Waals surface area contributed by atoms with E-state index in [0.29, 0.717) is 11.1 Å². The van der Waals surface area contributed by atoms with Gasteiger partial charge in [0, 0.05) is 20.9 Å². The normalized spacial score (nSPS) is 12.0. The van der Waals surface area contributed by atoms with E-state index in [1.54, 1.807) is 36.5 Å². The van der Waals surface area contributed by atoms with Gasteiger partial charge in [0.25, 0.3) is 0 Å². The number of esters is 2.